The van der Waals surface area contributed by atoms with E-state index in [2.05, 4.69) is 17.4 Å². The third-order valence-electron chi connectivity index (χ3n) is 7.42. The minimum absolute atomic E-state index is 0.0431. The van der Waals surface area contributed by atoms with E-state index < -0.39 is 5.54 Å². The van der Waals surface area contributed by atoms with Gasteiger partial charge in [0.25, 0.3) is 5.91 Å². The molecule has 0 bridgehead atoms. The summed E-state index contributed by atoms with van der Waals surface area (Å²) in [5.41, 5.74) is 2.46. The molecule has 0 saturated heterocycles. The van der Waals surface area contributed by atoms with Gasteiger partial charge in [-0.15, -0.1) is 0 Å². The van der Waals surface area contributed by atoms with E-state index in [1.165, 1.54) is 18.4 Å². The molecule has 2 aromatic heterocycles. The van der Waals surface area contributed by atoms with Crippen molar-refractivity contribution in [1.82, 2.24) is 14.8 Å². The second-order valence-electron chi connectivity index (χ2n) is 9.77. The van der Waals surface area contributed by atoms with Crippen molar-refractivity contribution in [1.29, 1.82) is 0 Å². The van der Waals surface area contributed by atoms with E-state index in [1.807, 2.05) is 41.8 Å². The number of benzene rings is 1. The summed E-state index contributed by atoms with van der Waals surface area (Å²) >= 11 is 0. The van der Waals surface area contributed by atoms with Crippen LogP contribution >= 0.6 is 0 Å². The quantitative estimate of drug-likeness (QED) is 0.546. The number of rotatable bonds is 6. The fourth-order valence-electron chi connectivity index (χ4n) is 5.47. The number of aromatic nitrogens is 1. The molecule has 1 atom stereocenters. The van der Waals surface area contributed by atoms with Crippen molar-refractivity contribution in [3.05, 3.63) is 60.0 Å². The molecule has 33 heavy (non-hydrogen) atoms. The summed E-state index contributed by atoms with van der Waals surface area (Å²) < 4.78 is 7.52. The van der Waals surface area contributed by atoms with Crippen LogP contribution in [-0.4, -0.2) is 39.4 Å². The van der Waals surface area contributed by atoms with Gasteiger partial charge in [0.2, 0.25) is 5.91 Å². The summed E-state index contributed by atoms with van der Waals surface area (Å²) in [6.07, 6.45) is 10.1. The molecule has 1 aliphatic heterocycles. The molecule has 1 aromatic carbocycles. The number of nitrogens with one attached hydrogen (secondary N) is 1. The molecule has 6 nitrogen and oxygen atoms in total. The first-order valence-corrected chi connectivity index (χ1v) is 12.3. The molecule has 1 saturated carbocycles. The first-order chi connectivity index (χ1) is 16.1. The Morgan fingerprint density at radius 1 is 1.12 bits per heavy atom. The molecular formula is C27H33N3O3. The van der Waals surface area contributed by atoms with Crippen LogP contribution < -0.4 is 5.32 Å². The van der Waals surface area contributed by atoms with Gasteiger partial charge in [0.05, 0.1) is 18.3 Å². The number of hydrogen-bond acceptors (Lipinski definition) is 3. The van der Waals surface area contributed by atoms with Crippen LogP contribution in [0.25, 0.3) is 11.1 Å². The molecular weight excluding hydrogens is 414 g/mol. The van der Waals surface area contributed by atoms with Crippen molar-refractivity contribution in [3.8, 4) is 0 Å². The van der Waals surface area contributed by atoms with E-state index >= 15 is 0 Å². The lowest BCUT2D eigenvalue weighted by atomic mass is 9.93. The molecule has 0 unspecified atom stereocenters. The summed E-state index contributed by atoms with van der Waals surface area (Å²) in [6, 6.07) is 14.2. The topological polar surface area (TPSA) is 67.5 Å². The van der Waals surface area contributed by atoms with Gasteiger partial charge in [-0.2, -0.15) is 0 Å². The first-order valence-electron chi connectivity index (χ1n) is 12.3. The average molecular weight is 448 g/mol. The van der Waals surface area contributed by atoms with Crippen LogP contribution in [0.4, 0.5) is 0 Å². The largest absolute Gasteiger partial charge is 0.463 e. The number of furan rings is 1. The Balaban J connectivity index is 1.41. The third-order valence-corrected chi connectivity index (χ3v) is 7.42. The normalized spacial score (nSPS) is 21.7. The summed E-state index contributed by atoms with van der Waals surface area (Å²) in [7, 11) is 0. The molecule has 174 valence electrons. The highest BCUT2D eigenvalue weighted by molar-refractivity contribution is 6.02. The van der Waals surface area contributed by atoms with Gasteiger partial charge in [-0.3, -0.25) is 9.59 Å². The number of fused-ring (bicyclic) bond motifs is 3. The summed E-state index contributed by atoms with van der Waals surface area (Å²) in [5, 5.41) is 3.32. The van der Waals surface area contributed by atoms with Gasteiger partial charge in [0.15, 0.2) is 5.58 Å². The molecule has 1 fully saturated rings. The highest BCUT2D eigenvalue weighted by atomic mass is 16.3. The maximum Gasteiger partial charge on any atom is 0.271 e. The number of hydrogen-bond donors (Lipinski definition) is 1. The van der Waals surface area contributed by atoms with Crippen LogP contribution in [0.1, 0.15) is 67.9 Å². The Kier molecular flexibility index (Phi) is 6.00. The van der Waals surface area contributed by atoms with Gasteiger partial charge in [-0.05, 0) is 38.2 Å². The molecule has 0 radical (unpaired) electrons. The number of amides is 2. The predicted octanol–water partition coefficient (Wildman–Crippen LogP) is 4.92. The van der Waals surface area contributed by atoms with Crippen LogP contribution in [0, 0.1) is 0 Å². The van der Waals surface area contributed by atoms with Gasteiger partial charge in [-0.25, -0.2) is 0 Å². The fourth-order valence-corrected chi connectivity index (χ4v) is 5.47. The highest BCUT2D eigenvalue weighted by Crippen LogP contribution is 2.33. The maximum atomic E-state index is 13.8. The van der Waals surface area contributed by atoms with Crippen LogP contribution in [0.5, 0.6) is 0 Å². The second-order valence-corrected chi connectivity index (χ2v) is 9.77. The van der Waals surface area contributed by atoms with Crippen LogP contribution in [0.2, 0.25) is 0 Å². The van der Waals surface area contributed by atoms with Gasteiger partial charge in [-0.1, -0.05) is 56.0 Å². The standard InChI is InChI=1S/C27H33N3O3/c1-27(26(32)28-21-13-7-2-3-8-14-21)19-29-22-15-17-33-24(22)18-23(29)25(31)30(27)16-9-12-20-10-5-4-6-11-20/h4-6,10-11,15,17-18,21H,2-3,7-9,12-14,16,19H2,1H3,(H,28,32)/t27-/m0/s1. The fraction of sp³-hybridized carbons (Fsp3) is 0.481. The minimum Gasteiger partial charge on any atom is -0.463 e. The second kappa shape index (κ2) is 9.08. The maximum absolute atomic E-state index is 13.8. The average Bonchev–Trinajstić information content (AvgIpc) is 3.31. The van der Waals surface area contributed by atoms with Gasteiger partial charge >= 0.3 is 0 Å². The minimum atomic E-state index is -0.948. The van der Waals surface area contributed by atoms with Gasteiger partial charge in [0, 0.05) is 24.7 Å². The van der Waals surface area contributed by atoms with Crippen LogP contribution in [0.15, 0.2) is 53.1 Å². The Morgan fingerprint density at radius 2 is 1.88 bits per heavy atom. The van der Waals surface area contributed by atoms with Gasteiger partial charge in [0.1, 0.15) is 11.2 Å². The molecule has 5 rings (SSSR count). The summed E-state index contributed by atoms with van der Waals surface area (Å²) in [6.45, 7) is 2.89. The number of aryl methyl sites for hydroxylation is 1. The van der Waals surface area contributed by atoms with Crippen molar-refractivity contribution in [3.63, 3.8) is 0 Å². The van der Waals surface area contributed by atoms with E-state index in [0.29, 0.717) is 24.4 Å². The number of carbonyl (C=O) groups excluding carboxylic acids is 2. The lowest BCUT2D eigenvalue weighted by Gasteiger charge is -2.44. The molecule has 3 heterocycles. The molecule has 0 spiro atoms. The van der Waals surface area contributed by atoms with Crippen LogP contribution in [-0.2, 0) is 17.8 Å². The molecule has 3 aromatic rings. The van der Waals surface area contributed by atoms with E-state index in [-0.39, 0.29) is 17.9 Å². The first kappa shape index (κ1) is 21.8. The van der Waals surface area contributed by atoms with Crippen molar-refractivity contribution < 1.29 is 14.0 Å². The predicted molar refractivity (Wildman–Crippen MR) is 128 cm³/mol. The Morgan fingerprint density at radius 3 is 2.64 bits per heavy atom. The Bertz CT molecular complexity index is 1120. The van der Waals surface area contributed by atoms with Crippen molar-refractivity contribution >= 4 is 22.9 Å². The zero-order valence-electron chi connectivity index (χ0n) is 19.4. The zero-order valence-corrected chi connectivity index (χ0v) is 19.4. The number of carbonyl (C=O) groups is 2. The summed E-state index contributed by atoms with van der Waals surface area (Å²) in [4.78, 5) is 29.2. The lowest BCUT2D eigenvalue weighted by molar-refractivity contribution is -0.133. The molecule has 6 heteroatoms. The van der Waals surface area contributed by atoms with E-state index in [1.54, 1.807) is 11.2 Å². The van der Waals surface area contributed by atoms with E-state index in [0.717, 1.165) is 44.0 Å². The van der Waals surface area contributed by atoms with Crippen molar-refractivity contribution in [2.75, 3.05) is 6.54 Å². The molecule has 2 amide bonds. The third kappa shape index (κ3) is 4.19. The van der Waals surface area contributed by atoms with Crippen LogP contribution in [0.3, 0.4) is 0 Å². The summed E-state index contributed by atoms with van der Waals surface area (Å²) in [5.74, 6) is -0.141. The smallest absolute Gasteiger partial charge is 0.271 e. The SMILES string of the molecule is C[C@@]1(C(=O)NC2CCCCCC2)Cn2c(cc3occc32)C(=O)N1CCCc1ccccc1. The monoisotopic (exact) mass is 447 g/mol. The highest BCUT2D eigenvalue weighted by Gasteiger charge is 2.48. The van der Waals surface area contributed by atoms with Gasteiger partial charge < -0.3 is 19.2 Å². The van der Waals surface area contributed by atoms with E-state index in [4.69, 9.17) is 4.42 Å². The molecule has 1 aliphatic carbocycles. The molecule has 1 N–H and O–H groups in total. The van der Waals surface area contributed by atoms with E-state index in [9.17, 15) is 9.59 Å². The number of nitrogens with zero attached hydrogens (tertiary/aromatic N) is 2. The van der Waals surface area contributed by atoms with Crippen molar-refractivity contribution in [2.45, 2.75) is 76.4 Å². The van der Waals surface area contributed by atoms with Crippen molar-refractivity contribution in [2.24, 2.45) is 0 Å². The lowest BCUT2D eigenvalue weighted by Crippen LogP contribution is -2.65. The molecule has 2 aliphatic rings. The Hall–Kier alpha value is -3.02. The zero-order chi connectivity index (χ0) is 22.8. The Labute approximate surface area is 194 Å².